The minimum absolute atomic E-state index is 0.0329. The lowest BCUT2D eigenvalue weighted by atomic mass is 9.67. The molecular weight excluding hydrogens is 496 g/mol. The molecule has 4 nitrogen and oxygen atoms in total. The van der Waals surface area contributed by atoms with Crippen LogP contribution < -0.4 is 0 Å². The molecule has 2 aromatic rings. The number of benzene rings is 2. The first-order valence-corrected chi connectivity index (χ1v) is 16.1. The molecule has 0 atom stereocenters. The van der Waals surface area contributed by atoms with Gasteiger partial charge in [0, 0.05) is 6.42 Å². The predicted molar refractivity (Wildman–Crippen MR) is 166 cm³/mol. The second kappa shape index (κ2) is 19.5. The summed E-state index contributed by atoms with van der Waals surface area (Å²) in [6, 6.07) is 16.0. The Labute approximate surface area is 243 Å². The van der Waals surface area contributed by atoms with Crippen molar-refractivity contribution in [2.24, 2.45) is 0 Å². The van der Waals surface area contributed by atoms with Crippen molar-refractivity contribution in [1.82, 2.24) is 0 Å². The van der Waals surface area contributed by atoms with Gasteiger partial charge in [0.2, 0.25) is 0 Å². The summed E-state index contributed by atoms with van der Waals surface area (Å²) in [5.74, 6) is -1.76. The van der Waals surface area contributed by atoms with Crippen LogP contribution in [-0.2, 0) is 27.8 Å². The average Bonchev–Trinajstić information content (AvgIpc) is 2.95. The Morgan fingerprint density at radius 3 is 1.38 bits per heavy atom. The summed E-state index contributed by atoms with van der Waals surface area (Å²) in [6.45, 7) is 4.46. The Balaban J connectivity index is 2.34. The van der Waals surface area contributed by atoms with E-state index < -0.39 is 17.4 Å². The highest BCUT2D eigenvalue weighted by atomic mass is 16.4. The molecule has 0 bridgehead atoms. The van der Waals surface area contributed by atoms with Gasteiger partial charge in [0.1, 0.15) is 5.41 Å². The minimum atomic E-state index is -1.26. The molecule has 0 spiro atoms. The number of hydrogen-bond acceptors (Lipinski definition) is 2. The molecule has 0 aliphatic rings. The third-order valence-corrected chi connectivity index (χ3v) is 8.36. The van der Waals surface area contributed by atoms with Crippen molar-refractivity contribution >= 4 is 11.9 Å². The van der Waals surface area contributed by atoms with Crippen LogP contribution in [0.3, 0.4) is 0 Å². The van der Waals surface area contributed by atoms with E-state index in [1.54, 1.807) is 0 Å². The highest BCUT2D eigenvalue weighted by Gasteiger charge is 2.44. The van der Waals surface area contributed by atoms with E-state index in [2.05, 4.69) is 26.0 Å². The quantitative estimate of drug-likeness (QED) is 0.135. The molecule has 0 saturated heterocycles. The number of aryl methyl sites for hydroxylation is 2. The van der Waals surface area contributed by atoms with Crippen molar-refractivity contribution in [3.05, 3.63) is 70.8 Å². The Morgan fingerprint density at radius 1 is 0.575 bits per heavy atom. The molecule has 2 aromatic carbocycles. The number of hydrogen-bond donors (Lipinski definition) is 2. The summed E-state index contributed by atoms with van der Waals surface area (Å²) in [5, 5.41) is 20.4. The van der Waals surface area contributed by atoms with E-state index >= 15 is 0 Å². The van der Waals surface area contributed by atoms with Gasteiger partial charge in [-0.1, -0.05) is 139 Å². The predicted octanol–water partition coefficient (Wildman–Crippen LogP) is 9.90. The molecule has 40 heavy (non-hydrogen) atoms. The van der Waals surface area contributed by atoms with Crippen LogP contribution in [0.5, 0.6) is 0 Å². The molecule has 2 rings (SSSR count). The fourth-order valence-electron chi connectivity index (χ4n) is 6.11. The summed E-state index contributed by atoms with van der Waals surface area (Å²) >= 11 is 0. The molecule has 0 aliphatic carbocycles. The third kappa shape index (κ3) is 10.7. The maximum atomic E-state index is 13.4. The van der Waals surface area contributed by atoms with E-state index in [9.17, 15) is 19.8 Å². The molecule has 2 N–H and O–H groups in total. The van der Waals surface area contributed by atoms with E-state index in [1.807, 2.05) is 36.4 Å². The minimum Gasteiger partial charge on any atom is -0.481 e. The second-order valence-corrected chi connectivity index (χ2v) is 11.5. The fourth-order valence-corrected chi connectivity index (χ4v) is 6.11. The van der Waals surface area contributed by atoms with Crippen LogP contribution >= 0.6 is 0 Å². The molecule has 0 amide bonds. The molecular formula is C36H54O4. The summed E-state index contributed by atoms with van der Waals surface area (Å²) in [4.78, 5) is 24.9. The van der Waals surface area contributed by atoms with Gasteiger partial charge in [-0.05, 0) is 60.8 Å². The highest BCUT2D eigenvalue weighted by molar-refractivity contribution is 5.87. The molecule has 0 radical (unpaired) electrons. The third-order valence-electron chi connectivity index (χ3n) is 8.36. The van der Waals surface area contributed by atoms with Gasteiger partial charge in [0.25, 0.3) is 0 Å². The number of unbranched alkanes of at least 4 members (excludes halogenated alkanes) is 12. The van der Waals surface area contributed by atoms with E-state index in [0.717, 1.165) is 60.8 Å². The lowest BCUT2D eigenvalue weighted by Gasteiger charge is -2.34. The average molecular weight is 551 g/mol. The largest absolute Gasteiger partial charge is 0.481 e. The zero-order chi connectivity index (χ0) is 29.1. The highest BCUT2D eigenvalue weighted by Crippen LogP contribution is 2.42. The van der Waals surface area contributed by atoms with Crippen LogP contribution in [-0.4, -0.2) is 22.2 Å². The number of rotatable bonds is 23. The summed E-state index contributed by atoms with van der Waals surface area (Å²) < 4.78 is 0. The SMILES string of the molecule is CCCCCCCCCc1ccccc1C(CCCC(=O)O)(C(=O)O)c1ccccc1CCCCCCCCC. The zero-order valence-electron chi connectivity index (χ0n) is 25.3. The summed E-state index contributed by atoms with van der Waals surface area (Å²) in [5.41, 5.74) is 2.58. The lowest BCUT2D eigenvalue weighted by molar-refractivity contribution is -0.143. The summed E-state index contributed by atoms with van der Waals surface area (Å²) in [6.07, 6.45) is 19.2. The van der Waals surface area contributed by atoms with Crippen LogP contribution in [0.2, 0.25) is 0 Å². The molecule has 0 aliphatic heterocycles. The molecule has 0 fully saturated rings. The van der Waals surface area contributed by atoms with E-state index in [4.69, 9.17) is 0 Å². The van der Waals surface area contributed by atoms with Crippen LogP contribution in [0, 0.1) is 0 Å². The zero-order valence-corrected chi connectivity index (χ0v) is 25.3. The molecule has 0 aromatic heterocycles. The smallest absolute Gasteiger partial charge is 0.318 e. The van der Waals surface area contributed by atoms with Crippen molar-refractivity contribution in [1.29, 1.82) is 0 Å². The lowest BCUT2D eigenvalue weighted by Crippen LogP contribution is -2.39. The maximum Gasteiger partial charge on any atom is 0.318 e. The normalized spacial score (nSPS) is 11.6. The fraction of sp³-hybridized carbons (Fsp3) is 0.611. The van der Waals surface area contributed by atoms with Crippen molar-refractivity contribution in [2.75, 3.05) is 0 Å². The van der Waals surface area contributed by atoms with E-state index in [-0.39, 0.29) is 12.8 Å². The number of carboxylic acid groups (broad SMARTS) is 2. The van der Waals surface area contributed by atoms with Crippen LogP contribution in [0.25, 0.3) is 0 Å². The van der Waals surface area contributed by atoms with Gasteiger partial charge in [-0.2, -0.15) is 0 Å². The number of carbonyl (C=O) groups is 2. The molecule has 4 heteroatoms. The molecule has 0 saturated carbocycles. The van der Waals surface area contributed by atoms with Gasteiger partial charge < -0.3 is 10.2 Å². The second-order valence-electron chi connectivity index (χ2n) is 11.5. The first kappa shape index (κ1) is 33.6. The van der Waals surface area contributed by atoms with Crippen LogP contribution in [0.15, 0.2) is 48.5 Å². The van der Waals surface area contributed by atoms with Gasteiger partial charge in [-0.15, -0.1) is 0 Å². The van der Waals surface area contributed by atoms with Crippen LogP contribution in [0.4, 0.5) is 0 Å². The Morgan fingerprint density at radius 2 is 0.975 bits per heavy atom. The Bertz CT molecular complexity index is 934. The van der Waals surface area contributed by atoms with Gasteiger partial charge in [-0.3, -0.25) is 9.59 Å². The number of carboxylic acids is 2. The van der Waals surface area contributed by atoms with Crippen molar-refractivity contribution in [3.8, 4) is 0 Å². The molecule has 0 unspecified atom stereocenters. The first-order chi connectivity index (χ1) is 19.5. The van der Waals surface area contributed by atoms with E-state index in [0.29, 0.717) is 6.42 Å². The number of aliphatic carboxylic acids is 2. The molecule has 222 valence electrons. The Kier molecular flexibility index (Phi) is 16.3. The van der Waals surface area contributed by atoms with Gasteiger partial charge in [0.15, 0.2) is 0 Å². The Hall–Kier alpha value is -2.62. The topological polar surface area (TPSA) is 74.6 Å². The molecule has 0 heterocycles. The van der Waals surface area contributed by atoms with Gasteiger partial charge >= 0.3 is 11.9 Å². The summed E-state index contributed by atoms with van der Waals surface area (Å²) in [7, 11) is 0. The van der Waals surface area contributed by atoms with Crippen molar-refractivity contribution in [3.63, 3.8) is 0 Å². The van der Waals surface area contributed by atoms with Crippen molar-refractivity contribution < 1.29 is 19.8 Å². The first-order valence-electron chi connectivity index (χ1n) is 16.1. The standard InChI is InChI=1S/C36H54O4/c1-3-5-7-9-11-13-15-22-30-24-17-19-26-32(30)36(35(39)40,29-21-28-34(37)38)33-27-20-18-25-31(33)23-16-14-12-10-8-6-4-2/h17-20,24-27H,3-16,21-23,28-29H2,1-2H3,(H,37,38)(H,39,40). The monoisotopic (exact) mass is 550 g/mol. The van der Waals surface area contributed by atoms with Gasteiger partial charge in [-0.25, -0.2) is 0 Å². The van der Waals surface area contributed by atoms with Gasteiger partial charge in [0.05, 0.1) is 0 Å². The van der Waals surface area contributed by atoms with Crippen molar-refractivity contribution in [2.45, 2.75) is 141 Å². The maximum absolute atomic E-state index is 13.4. The van der Waals surface area contributed by atoms with E-state index in [1.165, 1.54) is 64.2 Å². The van der Waals surface area contributed by atoms with Crippen LogP contribution in [0.1, 0.15) is 145 Å².